The van der Waals surface area contributed by atoms with E-state index >= 15 is 0 Å². The highest BCUT2D eigenvalue weighted by molar-refractivity contribution is 8.15. The van der Waals surface area contributed by atoms with Crippen molar-refractivity contribution in [3.8, 4) is 0 Å². The Morgan fingerprint density at radius 1 is 1.26 bits per heavy atom. The first-order valence-electron chi connectivity index (χ1n) is 8.49. The number of amides is 2. The number of thioether (sulfide) groups is 1. The Kier molecular flexibility index (Phi) is 5.87. The topological polar surface area (TPSA) is 61.8 Å². The van der Waals surface area contributed by atoms with Crippen LogP contribution in [0.15, 0.2) is 47.5 Å². The first-order valence-corrected chi connectivity index (χ1v) is 9.75. The van der Waals surface area contributed by atoms with Gasteiger partial charge in [-0.1, -0.05) is 35.5 Å². The number of carbonyl (C=O) groups excluding carboxylic acids is 2. The summed E-state index contributed by atoms with van der Waals surface area (Å²) in [5, 5.41) is 3.59. The number of nitrogens with one attached hydrogen (secondary N) is 1. The van der Waals surface area contributed by atoms with Gasteiger partial charge in [-0.05, 0) is 55.3 Å². The van der Waals surface area contributed by atoms with E-state index in [9.17, 15) is 9.59 Å². The summed E-state index contributed by atoms with van der Waals surface area (Å²) >= 11 is 7.26. The van der Waals surface area contributed by atoms with E-state index in [1.165, 1.54) is 16.7 Å². The van der Waals surface area contributed by atoms with Crippen molar-refractivity contribution < 1.29 is 9.59 Å². The smallest absolute Gasteiger partial charge is 0.242 e. The van der Waals surface area contributed by atoms with Crippen molar-refractivity contribution >= 4 is 51.7 Å². The van der Waals surface area contributed by atoms with Crippen molar-refractivity contribution in [3.63, 3.8) is 0 Å². The molecule has 0 aliphatic carbocycles. The predicted molar refractivity (Wildman–Crippen MR) is 112 cm³/mol. The summed E-state index contributed by atoms with van der Waals surface area (Å²) < 4.78 is 0. The van der Waals surface area contributed by atoms with Crippen LogP contribution in [0.25, 0.3) is 0 Å². The SMILES string of the molecule is Cc1cccc(N=C2SC(CC(=O)Nc3ccc(Cl)cc3C)C(=O)N2C)c1. The van der Waals surface area contributed by atoms with Crippen LogP contribution >= 0.6 is 23.4 Å². The van der Waals surface area contributed by atoms with Crippen molar-refractivity contribution in [1.29, 1.82) is 0 Å². The second kappa shape index (κ2) is 8.15. The lowest BCUT2D eigenvalue weighted by atomic mass is 10.2. The molecule has 1 fully saturated rings. The van der Waals surface area contributed by atoms with Gasteiger partial charge < -0.3 is 5.32 Å². The molecule has 0 radical (unpaired) electrons. The number of carbonyl (C=O) groups is 2. The summed E-state index contributed by atoms with van der Waals surface area (Å²) in [4.78, 5) is 31.0. The molecule has 0 spiro atoms. The lowest BCUT2D eigenvalue weighted by Gasteiger charge is -2.11. The number of aliphatic imine (C=N–C) groups is 1. The van der Waals surface area contributed by atoms with Crippen LogP contribution in [0.2, 0.25) is 5.02 Å². The van der Waals surface area contributed by atoms with Crippen LogP contribution in [0.5, 0.6) is 0 Å². The zero-order chi connectivity index (χ0) is 19.6. The first-order chi connectivity index (χ1) is 12.8. The molecule has 140 valence electrons. The third-order valence-electron chi connectivity index (χ3n) is 4.20. The number of aryl methyl sites for hydroxylation is 2. The lowest BCUT2D eigenvalue weighted by Crippen LogP contribution is -2.30. The molecule has 0 aromatic heterocycles. The number of nitrogens with zero attached hydrogens (tertiary/aromatic N) is 2. The highest BCUT2D eigenvalue weighted by Gasteiger charge is 2.37. The molecular weight excluding hydrogens is 382 g/mol. The highest BCUT2D eigenvalue weighted by Crippen LogP contribution is 2.31. The molecule has 1 heterocycles. The summed E-state index contributed by atoms with van der Waals surface area (Å²) in [5.41, 5.74) is 3.46. The zero-order valence-corrected chi connectivity index (χ0v) is 16.9. The van der Waals surface area contributed by atoms with Gasteiger partial charge in [-0.25, -0.2) is 4.99 Å². The summed E-state index contributed by atoms with van der Waals surface area (Å²) in [5.74, 6) is -0.328. The minimum Gasteiger partial charge on any atom is -0.326 e. The van der Waals surface area contributed by atoms with E-state index < -0.39 is 5.25 Å². The number of hydrogen-bond donors (Lipinski definition) is 1. The molecule has 0 bridgehead atoms. The Bertz CT molecular complexity index is 929. The fourth-order valence-electron chi connectivity index (χ4n) is 2.74. The third kappa shape index (κ3) is 4.70. The maximum Gasteiger partial charge on any atom is 0.242 e. The molecule has 1 saturated heterocycles. The van der Waals surface area contributed by atoms with Crippen LogP contribution in [0.1, 0.15) is 17.5 Å². The number of amidine groups is 1. The van der Waals surface area contributed by atoms with Crippen molar-refractivity contribution in [2.24, 2.45) is 4.99 Å². The third-order valence-corrected chi connectivity index (χ3v) is 5.66. The quantitative estimate of drug-likeness (QED) is 0.817. The molecule has 27 heavy (non-hydrogen) atoms. The Morgan fingerprint density at radius 3 is 2.74 bits per heavy atom. The molecule has 2 aromatic carbocycles. The predicted octanol–water partition coefficient (Wildman–Crippen LogP) is 4.55. The number of rotatable bonds is 4. The van der Waals surface area contributed by atoms with Gasteiger partial charge in [0.25, 0.3) is 0 Å². The van der Waals surface area contributed by atoms with E-state index in [2.05, 4.69) is 10.3 Å². The molecule has 2 aromatic rings. The second-order valence-electron chi connectivity index (χ2n) is 6.45. The normalized spacial score (nSPS) is 18.2. The van der Waals surface area contributed by atoms with Gasteiger partial charge in [0.15, 0.2) is 5.17 Å². The van der Waals surface area contributed by atoms with Crippen LogP contribution < -0.4 is 5.32 Å². The fourth-order valence-corrected chi connectivity index (χ4v) is 4.12. The number of benzene rings is 2. The number of hydrogen-bond acceptors (Lipinski definition) is 4. The first kappa shape index (κ1) is 19.5. The molecule has 3 rings (SSSR count). The van der Waals surface area contributed by atoms with Crippen LogP contribution in [-0.2, 0) is 9.59 Å². The minimum atomic E-state index is -0.480. The summed E-state index contributed by atoms with van der Waals surface area (Å²) in [6.07, 6.45) is 0.0861. The van der Waals surface area contributed by atoms with Gasteiger partial charge in [-0.15, -0.1) is 0 Å². The molecule has 1 aliphatic heterocycles. The monoisotopic (exact) mass is 401 g/mol. The van der Waals surface area contributed by atoms with Crippen LogP contribution in [0, 0.1) is 13.8 Å². The van der Waals surface area contributed by atoms with Gasteiger partial charge in [0.05, 0.1) is 5.69 Å². The standard InChI is InChI=1S/C20H20ClN3O2S/c1-12-5-4-6-15(9-12)22-20-24(3)19(26)17(27-20)11-18(25)23-16-8-7-14(21)10-13(16)2/h4-10,17H,11H2,1-3H3,(H,23,25). The summed E-state index contributed by atoms with van der Waals surface area (Å²) in [7, 11) is 1.69. The van der Waals surface area contributed by atoms with E-state index in [1.54, 1.807) is 25.2 Å². The molecule has 1 unspecified atom stereocenters. The van der Waals surface area contributed by atoms with Crippen LogP contribution in [-0.4, -0.2) is 34.2 Å². The fraction of sp³-hybridized carbons (Fsp3) is 0.250. The average molecular weight is 402 g/mol. The van der Waals surface area contributed by atoms with Crippen LogP contribution in [0.3, 0.4) is 0 Å². The van der Waals surface area contributed by atoms with Crippen molar-refractivity contribution in [2.45, 2.75) is 25.5 Å². The number of halogens is 1. The molecule has 0 saturated carbocycles. The van der Waals surface area contributed by atoms with Gasteiger partial charge in [0.1, 0.15) is 5.25 Å². The molecule has 7 heteroatoms. The Labute approximate surface area is 167 Å². The van der Waals surface area contributed by atoms with Gasteiger partial charge in [0.2, 0.25) is 11.8 Å². The Balaban J connectivity index is 1.68. The summed E-state index contributed by atoms with van der Waals surface area (Å²) in [6, 6.07) is 13.0. The Hall–Kier alpha value is -2.31. The largest absolute Gasteiger partial charge is 0.326 e. The van der Waals surface area contributed by atoms with Crippen molar-refractivity contribution in [1.82, 2.24) is 4.90 Å². The minimum absolute atomic E-state index is 0.0861. The maximum atomic E-state index is 12.5. The van der Waals surface area contributed by atoms with E-state index in [0.29, 0.717) is 15.9 Å². The molecular formula is C20H20ClN3O2S. The van der Waals surface area contributed by atoms with Crippen molar-refractivity contribution in [2.75, 3.05) is 12.4 Å². The zero-order valence-electron chi connectivity index (χ0n) is 15.3. The molecule has 2 amide bonds. The second-order valence-corrected chi connectivity index (χ2v) is 8.05. The molecule has 1 atom stereocenters. The maximum absolute atomic E-state index is 12.5. The average Bonchev–Trinajstić information content (AvgIpc) is 2.85. The van der Waals surface area contributed by atoms with Gasteiger partial charge in [-0.2, -0.15) is 0 Å². The van der Waals surface area contributed by atoms with Gasteiger partial charge in [0, 0.05) is 24.2 Å². The summed E-state index contributed by atoms with van der Waals surface area (Å²) in [6.45, 7) is 3.86. The van der Waals surface area contributed by atoms with E-state index in [0.717, 1.165) is 16.8 Å². The number of anilines is 1. The van der Waals surface area contributed by atoms with E-state index in [1.807, 2.05) is 38.1 Å². The van der Waals surface area contributed by atoms with Crippen molar-refractivity contribution in [3.05, 3.63) is 58.6 Å². The van der Waals surface area contributed by atoms with E-state index in [-0.39, 0.29) is 18.2 Å². The van der Waals surface area contributed by atoms with Crippen LogP contribution in [0.4, 0.5) is 11.4 Å². The van der Waals surface area contributed by atoms with E-state index in [4.69, 9.17) is 11.6 Å². The molecule has 1 N–H and O–H groups in total. The Morgan fingerprint density at radius 2 is 2.04 bits per heavy atom. The molecule has 1 aliphatic rings. The lowest BCUT2D eigenvalue weighted by molar-refractivity contribution is -0.127. The molecule has 5 nitrogen and oxygen atoms in total. The highest BCUT2D eigenvalue weighted by atomic mass is 35.5. The van der Waals surface area contributed by atoms with Gasteiger partial charge >= 0.3 is 0 Å². The van der Waals surface area contributed by atoms with Gasteiger partial charge in [-0.3, -0.25) is 14.5 Å².